The van der Waals surface area contributed by atoms with Gasteiger partial charge in [0.2, 0.25) is 0 Å². The molecule has 0 radical (unpaired) electrons. The van der Waals surface area contributed by atoms with Crippen LogP contribution in [0.1, 0.15) is 37.3 Å². The van der Waals surface area contributed by atoms with Crippen LogP contribution in [-0.4, -0.2) is 23.4 Å². The van der Waals surface area contributed by atoms with Crippen molar-refractivity contribution in [1.29, 1.82) is 0 Å². The molecule has 0 heterocycles. The third-order valence-corrected chi connectivity index (χ3v) is 3.20. The van der Waals surface area contributed by atoms with Gasteiger partial charge in [0.1, 0.15) is 0 Å². The van der Waals surface area contributed by atoms with Crippen molar-refractivity contribution >= 4 is 0 Å². The SMILES string of the molecule is CCCC(CCO)CNCc1ccc(CO)cc1. The monoisotopic (exact) mass is 251 g/mol. The van der Waals surface area contributed by atoms with Crippen LogP contribution in [0.15, 0.2) is 24.3 Å². The average Bonchev–Trinajstić information content (AvgIpc) is 2.40. The second kappa shape index (κ2) is 9.09. The first-order chi connectivity index (χ1) is 8.80. The smallest absolute Gasteiger partial charge is 0.0681 e. The maximum absolute atomic E-state index is 8.99. The summed E-state index contributed by atoms with van der Waals surface area (Å²) in [6.07, 6.45) is 3.21. The van der Waals surface area contributed by atoms with E-state index in [1.165, 1.54) is 5.56 Å². The van der Waals surface area contributed by atoms with Crippen molar-refractivity contribution < 1.29 is 10.2 Å². The number of benzene rings is 1. The van der Waals surface area contributed by atoms with Gasteiger partial charge in [-0.2, -0.15) is 0 Å². The summed E-state index contributed by atoms with van der Waals surface area (Å²) in [5, 5.41) is 21.4. The first-order valence-electron chi connectivity index (χ1n) is 6.80. The number of hydrogen-bond acceptors (Lipinski definition) is 3. The van der Waals surface area contributed by atoms with E-state index in [-0.39, 0.29) is 13.2 Å². The number of aliphatic hydroxyl groups excluding tert-OH is 2. The Kier molecular flexibility index (Phi) is 7.65. The van der Waals surface area contributed by atoms with Crippen LogP contribution in [0, 0.1) is 5.92 Å². The minimum absolute atomic E-state index is 0.1000. The van der Waals surface area contributed by atoms with Gasteiger partial charge in [0.05, 0.1) is 6.61 Å². The van der Waals surface area contributed by atoms with Crippen LogP contribution >= 0.6 is 0 Å². The van der Waals surface area contributed by atoms with Gasteiger partial charge < -0.3 is 15.5 Å². The van der Waals surface area contributed by atoms with Crippen LogP contribution in [-0.2, 0) is 13.2 Å². The summed E-state index contributed by atoms with van der Waals surface area (Å²) >= 11 is 0. The van der Waals surface area contributed by atoms with E-state index in [9.17, 15) is 0 Å². The molecule has 1 unspecified atom stereocenters. The van der Waals surface area contributed by atoms with E-state index in [1.54, 1.807) is 0 Å². The van der Waals surface area contributed by atoms with E-state index >= 15 is 0 Å². The summed E-state index contributed by atoms with van der Waals surface area (Å²) in [5.41, 5.74) is 2.18. The van der Waals surface area contributed by atoms with Crippen LogP contribution in [0.3, 0.4) is 0 Å². The van der Waals surface area contributed by atoms with Crippen molar-refractivity contribution in [1.82, 2.24) is 5.32 Å². The first kappa shape index (κ1) is 15.2. The standard InChI is InChI=1S/C15H25NO2/c1-2-3-13(8-9-17)10-16-11-14-4-6-15(12-18)7-5-14/h4-7,13,16-18H,2-3,8-12H2,1H3. The summed E-state index contributed by atoms with van der Waals surface area (Å²) in [6, 6.07) is 7.99. The summed E-state index contributed by atoms with van der Waals surface area (Å²) in [7, 11) is 0. The molecular weight excluding hydrogens is 226 g/mol. The Balaban J connectivity index is 2.30. The highest BCUT2D eigenvalue weighted by molar-refractivity contribution is 5.21. The van der Waals surface area contributed by atoms with Crippen molar-refractivity contribution in [3.63, 3.8) is 0 Å². The Morgan fingerprint density at radius 2 is 1.72 bits per heavy atom. The van der Waals surface area contributed by atoms with Gasteiger partial charge in [-0.1, -0.05) is 37.6 Å². The van der Waals surface area contributed by atoms with E-state index in [0.29, 0.717) is 5.92 Å². The molecule has 0 spiro atoms. The molecule has 18 heavy (non-hydrogen) atoms. The molecule has 1 atom stereocenters. The normalized spacial score (nSPS) is 12.6. The molecule has 0 fully saturated rings. The molecule has 0 aromatic heterocycles. The molecule has 0 saturated carbocycles. The Hall–Kier alpha value is -0.900. The van der Waals surface area contributed by atoms with Gasteiger partial charge >= 0.3 is 0 Å². The van der Waals surface area contributed by atoms with Gasteiger partial charge in [-0.05, 0) is 36.4 Å². The largest absolute Gasteiger partial charge is 0.396 e. The van der Waals surface area contributed by atoms with E-state index in [1.807, 2.05) is 24.3 Å². The molecule has 3 nitrogen and oxygen atoms in total. The number of hydrogen-bond donors (Lipinski definition) is 3. The molecular formula is C15H25NO2. The topological polar surface area (TPSA) is 52.5 Å². The van der Waals surface area contributed by atoms with Gasteiger partial charge in [-0.25, -0.2) is 0 Å². The maximum Gasteiger partial charge on any atom is 0.0681 e. The molecule has 3 N–H and O–H groups in total. The Morgan fingerprint density at radius 1 is 1.06 bits per heavy atom. The van der Waals surface area contributed by atoms with Crippen LogP contribution < -0.4 is 5.32 Å². The minimum Gasteiger partial charge on any atom is -0.396 e. The molecule has 1 rings (SSSR count). The van der Waals surface area contributed by atoms with Crippen LogP contribution in [0.4, 0.5) is 0 Å². The van der Waals surface area contributed by atoms with E-state index in [2.05, 4.69) is 12.2 Å². The average molecular weight is 251 g/mol. The molecule has 0 aliphatic heterocycles. The summed E-state index contributed by atoms with van der Waals surface area (Å²) < 4.78 is 0. The second-order valence-electron chi connectivity index (χ2n) is 4.77. The van der Waals surface area contributed by atoms with E-state index < -0.39 is 0 Å². The highest BCUT2D eigenvalue weighted by Crippen LogP contribution is 2.10. The van der Waals surface area contributed by atoms with Gasteiger partial charge in [-0.3, -0.25) is 0 Å². The number of rotatable bonds is 9. The third-order valence-electron chi connectivity index (χ3n) is 3.20. The van der Waals surface area contributed by atoms with Gasteiger partial charge in [-0.15, -0.1) is 0 Å². The lowest BCUT2D eigenvalue weighted by Gasteiger charge is -2.15. The molecule has 0 amide bonds. The summed E-state index contributed by atoms with van der Waals surface area (Å²) in [6.45, 7) is 4.35. The Morgan fingerprint density at radius 3 is 2.28 bits per heavy atom. The van der Waals surface area contributed by atoms with Gasteiger partial charge in [0.15, 0.2) is 0 Å². The fraction of sp³-hybridized carbons (Fsp3) is 0.600. The fourth-order valence-electron chi connectivity index (χ4n) is 2.12. The number of aliphatic hydroxyl groups is 2. The zero-order valence-corrected chi connectivity index (χ0v) is 11.2. The predicted octanol–water partition coefficient (Wildman–Crippen LogP) is 2.07. The van der Waals surface area contributed by atoms with Crippen LogP contribution in [0.2, 0.25) is 0 Å². The summed E-state index contributed by atoms with van der Waals surface area (Å²) in [5.74, 6) is 0.566. The van der Waals surface area contributed by atoms with Crippen molar-refractivity contribution in [3.8, 4) is 0 Å². The lowest BCUT2D eigenvalue weighted by atomic mass is 10.00. The molecule has 0 aliphatic rings. The van der Waals surface area contributed by atoms with E-state index in [4.69, 9.17) is 10.2 Å². The Bertz CT molecular complexity index is 305. The maximum atomic E-state index is 8.99. The lowest BCUT2D eigenvalue weighted by Crippen LogP contribution is -2.23. The molecule has 102 valence electrons. The van der Waals surface area contributed by atoms with Gasteiger partial charge in [0, 0.05) is 13.2 Å². The molecule has 0 aliphatic carbocycles. The second-order valence-corrected chi connectivity index (χ2v) is 4.77. The van der Waals surface area contributed by atoms with E-state index in [0.717, 1.165) is 37.9 Å². The predicted molar refractivity (Wildman–Crippen MR) is 74.2 cm³/mol. The summed E-state index contributed by atoms with van der Waals surface area (Å²) in [4.78, 5) is 0. The van der Waals surface area contributed by atoms with Crippen molar-refractivity contribution in [3.05, 3.63) is 35.4 Å². The molecule has 0 saturated heterocycles. The van der Waals surface area contributed by atoms with Crippen molar-refractivity contribution in [2.75, 3.05) is 13.2 Å². The molecule has 1 aromatic carbocycles. The van der Waals surface area contributed by atoms with Gasteiger partial charge in [0.25, 0.3) is 0 Å². The van der Waals surface area contributed by atoms with Crippen molar-refractivity contribution in [2.45, 2.75) is 39.3 Å². The third kappa shape index (κ3) is 5.63. The quantitative estimate of drug-likeness (QED) is 0.630. The molecule has 1 aromatic rings. The lowest BCUT2D eigenvalue weighted by molar-refractivity contribution is 0.248. The zero-order chi connectivity index (χ0) is 13.2. The van der Waals surface area contributed by atoms with Crippen molar-refractivity contribution in [2.24, 2.45) is 5.92 Å². The molecule has 0 bridgehead atoms. The van der Waals surface area contributed by atoms with Crippen LogP contribution in [0.5, 0.6) is 0 Å². The zero-order valence-electron chi connectivity index (χ0n) is 11.2. The number of nitrogens with one attached hydrogen (secondary N) is 1. The highest BCUT2D eigenvalue weighted by Gasteiger charge is 2.06. The van der Waals surface area contributed by atoms with Crippen LogP contribution in [0.25, 0.3) is 0 Å². The fourth-order valence-corrected chi connectivity index (χ4v) is 2.12. The minimum atomic E-state index is 0.1000. The Labute approximate surface area is 110 Å². The molecule has 3 heteroatoms. The highest BCUT2D eigenvalue weighted by atomic mass is 16.3. The first-order valence-corrected chi connectivity index (χ1v) is 6.80.